The topological polar surface area (TPSA) is 62.2 Å². The second kappa shape index (κ2) is 6.34. The van der Waals surface area contributed by atoms with Gasteiger partial charge in [0, 0.05) is 30.5 Å². The quantitative estimate of drug-likeness (QED) is 0.736. The van der Waals surface area contributed by atoms with E-state index in [1.807, 2.05) is 47.3 Å². The number of likely N-dealkylation sites (tertiary alicyclic amines) is 1. The number of aryl methyl sites for hydroxylation is 2. The Bertz CT molecular complexity index is 945. The molecule has 3 aromatic heterocycles. The molecule has 0 unspecified atom stereocenters. The largest absolute Gasteiger partial charge is 0.322 e. The van der Waals surface area contributed by atoms with E-state index in [9.17, 15) is 5.26 Å². The molecule has 3 aromatic rings. The third-order valence-electron chi connectivity index (χ3n) is 5.09. The first-order chi connectivity index (χ1) is 12.2. The Hall–Kier alpha value is -2.65. The fraction of sp³-hybridized carbons (Fsp3) is 0.421. The summed E-state index contributed by atoms with van der Waals surface area (Å²) in [5, 5.41) is 14.1. The second-order valence-corrected chi connectivity index (χ2v) is 6.79. The Morgan fingerprint density at radius 1 is 1.32 bits per heavy atom. The van der Waals surface area contributed by atoms with E-state index in [-0.39, 0.29) is 0 Å². The Morgan fingerprint density at radius 3 is 2.96 bits per heavy atom. The molecular formula is C19H22N6. The average Bonchev–Trinajstić information content (AvgIpc) is 3.26. The molecule has 128 valence electrons. The van der Waals surface area contributed by atoms with Gasteiger partial charge < -0.3 is 4.40 Å². The van der Waals surface area contributed by atoms with Crippen molar-refractivity contribution in [3.05, 3.63) is 53.4 Å². The maximum Gasteiger partial charge on any atom is 0.147 e. The molecule has 1 saturated heterocycles. The highest BCUT2D eigenvalue weighted by Crippen LogP contribution is 2.25. The number of rotatable bonds is 4. The Morgan fingerprint density at radius 2 is 2.20 bits per heavy atom. The van der Waals surface area contributed by atoms with E-state index >= 15 is 0 Å². The summed E-state index contributed by atoms with van der Waals surface area (Å²) in [6, 6.07) is 8.81. The minimum Gasteiger partial charge on any atom is -0.322 e. The highest BCUT2D eigenvalue weighted by atomic mass is 15.4. The first kappa shape index (κ1) is 15.9. The normalized spacial score (nSPS) is 18.0. The molecule has 1 atom stereocenters. The van der Waals surface area contributed by atoms with E-state index < -0.39 is 0 Å². The molecule has 0 amide bonds. The van der Waals surface area contributed by atoms with Crippen LogP contribution >= 0.6 is 0 Å². The second-order valence-electron chi connectivity index (χ2n) is 6.79. The van der Waals surface area contributed by atoms with Gasteiger partial charge >= 0.3 is 0 Å². The molecule has 1 aliphatic rings. The van der Waals surface area contributed by atoms with Crippen molar-refractivity contribution in [3.63, 3.8) is 0 Å². The Labute approximate surface area is 147 Å². The summed E-state index contributed by atoms with van der Waals surface area (Å²) in [6.07, 6.45) is 6.44. The predicted octanol–water partition coefficient (Wildman–Crippen LogP) is 2.68. The van der Waals surface area contributed by atoms with E-state index in [1.165, 1.54) is 6.42 Å². The fourth-order valence-electron chi connectivity index (χ4n) is 3.89. The van der Waals surface area contributed by atoms with Gasteiger partial charge in [-0.25, -0.2) is 9.67 Å². The third-order valence-corrected chi connectivity index (χ3v) is 5.09. The molecule has 1 fully saturated rings. The predicted molar refractivity (Wildman–Crippen MR) is 95.0 cm³/mol. The molecule has 4 rings (SSSR count). The van der Waals surface area contributed by atoms with E-state index in [2.05, 4.69) is 27.2 Å². The van der Waals surface area contributed by atoms with Crippen molar-refractivity contribution >= 4 is 5.52 Å². The SMILES string of the molecule is Cc1nc(C)n(C[C@H]2CCCN2Cc2cn3ccccc3c2C#N)n1. The van der Waals surface area contributed by atoms with Gasteiger partial charge in [-0.1, -0.05) is 6.07 Å². The lowest BCUT2D eigenvalue weighted by Crippen LogP contribution is -2.33. The first-order valence-electron chi connectivity index (χ1n) is 8.76. The highest BCUT2D eigenvalue weighted by Gasteiger charge is 2.27. The van der Waals surface area contributed by atoms with Crippen molar-refractivity contribution in [1.29, 1.82) is 5.26 Å². The number of fused-ring (bicyclic) bond motifs is 1. The minimum absolute atomic E-state index is 0.439. The fourth-order valence-corrected chi connectivity index (χ4v) is 3.89. The zero-order valence-electron chi connectivity index (χ0n) is 14.7. The minimum atomic E-state index is 0.439. The zero-order valence-corrected chi connectivity index (χ0v) is 14.7. The van der Waals surface area contributed by atoms with Crippen LogP contribution in [0.4, 0.5) is 0 Å². The van der Waals surface area contributed by atoms with Crippen molar-refractivity contribution in [1.82, 2.24) is 24.1 Å². The molecule has 0 aliphatic carbocycles. The lowest BCUT2D eigenvalue weighted by Gasteiger charge is -2.24. The Kier molecular flexibility index (Phi) is 4.02. The van der Waals surface area contributed by atoms with Crippen LogP contribution in [0.3, 0.4) is 0 Å². The molecule has 6 heteroatoms. The van der Waals surface area contributed by atoms with Gasteiger partial charge in [0.15, 0.2) is 0 Å². The van der Waals surface area contributed by atoms with Crippen molar-refractivity contribution in [3.8, 4) is 6.07 Å². The van der Waals surface area contributed by atoms with Crippen LogP contribution in [-0.4, -0.2) is 36.7 Å². The summed E-state index contributed by atoms with van der Waals surface area (Å²) >= 11 is 0. The van der Waals surface area contributed by atoms with Crippen LogP contribution in [0, 0.1) is 25.2 Å². The maximum atomic E-state index is 9.62. The highest BCUT2D eigenvalue weighted by molar-refractivity contribution is 5.65. The van der Waals surface area contributed by atoms with Crippen molar-refractivity contribution in [2.24, 2.45) is 0 Å². The van der Waals surface area contributed by atoms with Crippen molar-refractivity contribution < 1.29 is 0 Å². The molecule has 0 aromatic carbocycles. The first-order valence-corrected chi connectivity index (χ1v) is 8.76. The molecule has 0 saturated carbocycles. The van der Waals surface area contributed by atoms with E-state index in [0.29, 0.717) is 6.04 Å². The molecular weight excluding hydrogens is 312 g/mol. The van der Waals surface area contributed by atoms with Gasteiger partial charge in [-0.15, -0.1) is 0 Å². The number of hydrogen-bond donors (Lipinski definition) is 0. The maximum absolute atomic E-state index is 9.62. The summed E-state index contributed by atoms with van der Waals surface area (Å²) in [5.74, 6) is 1.80. The molecule has 25 heavy (non-hydrogen) atoms. The summed E-state index contributed by atoms with van der Waals surface area (Å²) in [5.41, 5.74) is 2.88. The smallest absolute Gasteiger partial charge is 0.147 e. The van der Waals surface area contributed by atoms with E-state index in [4.69, 9.17) is 0 Å². The van der Waals surface area contributed by atoms with Crippen LogP contribution in [0.1, 0.15) is 35.6 Å². The Balaban J connectivity index is 1.57. The van der Waals surface area contributed by atoms with Gasteiger partial charge in [0.25, 0.3) is 0 Å². The number of nitriles is 1. The van der Waals surface area contributed by atoms with Gasteiger partial charge in [-0.2, -0.15) is 10.4 Å². The molecule has 1 aliphatic heterocycles. The van der Waals surface area contributed by atoms with Crippen molar-refractivity contribution in [2.75, 3.05) is 6.54 Å². The summed E-state index contributed by atoms with van der Waals surface area (Å²) in [4.78, 5) is 6.88. The molecule has 4 heterocycles. The van der Waals surface area contributed by atoms with E-state index in [0.717, 1.165) is 54.3 Å². The lowest BCUT2D eigenvalue weighted by molar-refractivity contribution is 0.218. The van der Waals surface area contributed by atoms with Crippen LogP contribution in [-0.2, 0) is 13.1 Å². The van der Waals surface area contributed by atoms with Crippen LogP contribution in [0.2, 0.25) is 0 Å². The standard InChI is InChI=1S/C19H22N6/c1-14-21-15(2)25(22-14)13-17-6-5-9-23(17)11-16-12-24-8-4-3-7-19(24)18(16)10-20/h3-4,7-8,12,17H,5-6,9,11,13H2,1-2H3/t17-/m1/s1. The van der Waals surface area contributed by atoms with Gasteiger partial charge in [-0.3, -0.25) is 4.90 Å². The zero-order chi connectivity index (χ0) is 17.4. The van der Waals surface area contributed by atoms with Crippen molar-refractivity contribution in [2.45, 2.75) is 45.8 Å². The summed E-state index contributed by atoms with van der Waals surface area (Å²) in [7, 11) is 0. The molecule has 0 N–H and O–H groups in total. The average molecular weight is 334 g/mol. The van der Waals surface area contributed by atoms with Gasteiger partial charge in [-0.05, 0) is 45.4 Å². The van der Waals surface area contributed by atoms with Gasteiger partial charge in [0.05, 0.1) is 17.6 Å². The van der Waals surface area contributed by atoms with Crippen LogP contribution in [0.15, 0.2) is 30.6 Å². The summed E-state index contributed by atoms with van der Waals surface area (Å²) in [6.45, 7) is 6.67. The number of aromatic nitrogens is 4. The number of hydrogen-bond acceptors (Lipinski definition) is 4. The summed E-state index contributed by atoms with van der Waals surface area (Å²) < 4.78 is 4.06. The number of nitrogens with zero attached hydrogens (tertiary/aromatic N) is 6. The molecule has 0 bridgehead atoms. The van der Waals surface area contributed by atoms with Gasteiger partial charge in [0.2, 0.25) is 0 Å². The molecule has 0 spiro atoms. The van der Waals surface area contributed by atoms with Crippen LogP contribution < -0.4 is 0 Å². The molecule has 0 radical (unpaired) electrons. The van der Waals surface area contributed by atoms with Crippen LogP contribution in [0.25, 0.3) is 5.52 Å². The third kappa shape index (κ3) is 2.92. The van der Waals surface area contributed by atoms with E-state index in [1.54, 1.807) is 0 Å². The lowest BCUT2D eigenvalue weighted by atomic mass is 10.1. The molecule has 6 nitrogen and oxygen atoms in total. The number of pyridine rings is 1. The van der Waals surface area contributed by atoms with Gasteiger partial charge in [0.1, 0.15) is 17.7 Å². The van der Waals surface area contributed by atoms with Crippen LogP contribution in [0.5, 0.6) is 0 Å². The monoisotopic (exact) mass is 334 g/mol.